The quantitative estimate of drug-likeness (QED) is 0.145. The maximum Gasteiger partial charge on any atom is 0.339 e. The van der Waals surface area contributed by atoms with Crippen molar-refractivity contribution in [3.8, 4) is 23.0 Å². The highest BCUT2D eigenvalue weighted by atomic mass is 79.9. The van der Waals surface area contributed by atoms with Crippen LogP contribution in [0.4, 0.5) is 0 Å². The zero-order chi connectivity index (χ0) is 28.4. The molecule has 1 amide bonds. The second-order valence-corrected chi connectivity index (χ2v) is 10.7. The average Bonchev–Trinajstić information content (AvgIpc) is 2.90. The molecule has 0 atom stereocenters. The minimum atomic E-state index is -4.10. The van der Waals surface area contributed by atoms with E-state index in [4.69, 9.17) is 18.4 Å². The molecule has 0 aliphatic heterocycles. The molecule has 39 heavy (non-hydrogen) atoms. The number of aryl methyl sites for hydroxylation is 1. The normalized spacial score (nSPS) is 11.3. The van der Waals surface area contributed by atoms with Crippen molar-refractivity contribution in [1.29, 1.82) is 0 Å². The van der Waals surface area contributed by atoms with Gasteiger partial charge in [0.25, 0.3) is 5.91 Å². The fourth-order valence-electron chi connectivity index (χ4n) is 3.35. The van der Waals surface area contributed by atoms with Gasteiger partial charge in [0.1, 0.15) is 4.90 Å². The Hall–Kier alpha value is -3.57. The molecule has 0 aliphatic rings. The summed E-state index contributed by atoms with van der Waals surface area (Å²) in [5, 5.41) is 4.04. The lowest BCUT2D eigenvalue weighted by molar-refractivity contribution is 0.0954. The van der Waals surface area contributed by atoms with Crippen molar-refractivity contribution in [2.24, 2.45) is 5.10 Å². The van der Waals surface area contributed by atoms with E-state index in [1.807, 2.05) is 20.8 Å². The van der Waals surface area contributed by atoms with Gasteiger partial charge in [-0.3, -0.25) is 4.79 Å². The third kappa shape index (κ3) is 8.21. The first kappa shape index (κ1) is 30.0. The van der Waals surface area contributed by atoms with E-state index in [1.165, 1.54) is 18.3 Å². The summed E-state index contributed by atoms with van der Waals surface area (Å²) in [5.74, 6) is 0.803. The summed E-state index contributed by atoms with van der Waals surface area (Å²) in [4.78, 5) is 12.7. The third-order valence-corrected chi connectivity index (χ3v) is 7.01. The van der Waals surface area contributed by atoms with Crippen LogP contribution in [0.15, 0.2) is 69.1 Å². The smallest absolute Gasteiger partial charge is 0.339 e. The highest BCUT2D eigenvalue weighted by Crippen LogP contribution is 2.38. The number of carbonyl (C=O) groups excluding carboxylic acids is 1. The van der Waals surface area contributed by atoms with E-state index in [1.54, 1.807) is 49.4 Å². The number of nitrogens with one attached hydrogen (secondary N) is 1. The fraction of sp³-hybridized carbons (Fsp3) is 0.286. The fourth-order valence-corrected chi connectivity index (χ4v) is 4.95. The van der Waals surface area contributed by atoms with Gasteiger partial charge in [-0.05, 0) is 91.1 Å². The number of hydrogen-bond acceptors (Lipinski definition) is 8. The largest absolute Gasteiger partial charge is 0.490 e. The molecule has 9 nitrogen and oxygen atoms in total. The van der Waals surface area contributed by atoms with Crippen molar-refractivity contribution in [2.45, 2.75) is 39.0 Å². The minimum absolute atomic E-state index is 0.00689. The lowest BCUT2D eigenvalue weighted by atomic mass is 10.2. The molecule has 0 spiro atoms. The maximum absolute atomic E-state index is 12.8. The van der Waals surface area contributed by atoms with Crippen LogP contribution in [-0.4, -0.2) is 40.4 Å². The van der Waals surface area contributed by atoms with Crippen LogP contribution in [0.2, 0.25) is 0 Å². The Balaban J connectivity index is 1.78. The second kappa shape index (κ2) is 14.0. The number of halogens is 1. The summed E-state index contributed by atoms with van der Waals surface area (Å²) in [5.41, 5.74) is 4.28. The van der Waals surface area contributed by atoms with Crippen LogP contribution >= 0.6 is 15.9 Å². The van der Waals surface area contributed by atoms with Crippen molar-refractivity contribution in [3.05, 3.63) is 75.8 Å². The van der Waals surface area contributed by atoms with Gasteiger partial charge in [-0.25, -0.2) is 5.43 Å². The summed E-state index contributed by atoms with van der Waals surface area (Å²) in [6.45, 7) is 8.72. The third-order valence-electron chi connectivity index (χ3n) is 5.18. The molecule has 0 aromatic heterocycles. The summed E-state index contributed by atoms with van der Waals surface area (Å²) >= 11 is 3.37. The van der Waals surface area contributed by atoms with Gasteiger partial charge in [0, 0.05) is 5.56 Å². The molecular weight excluding hydrogens is 588 g/mol. The van der Waals surface area contributed by atoms with Gasteiger partial charge in [-0.15, -0.1) is 0 Å². The average molecular weight is 620 g/mol. The van der Waals surface area contributed by atoms with Crippen LogP contribution in [0.25, 0.3) is 0 Å². The SMILES string of the molecule is CCCOc1ccc(C(=O)N/N=C/c2cc(Br)c(OS(=O)(=O)c3ccc(C)cc3)c(OCC)c2)cc1OCC. The van der Waals surface area contributed by atoms with Crippen LogP contribution in [0.3, 0.4) is 0 Å². The van der Waals surface area contributed by atoms with E-state index in [9.17, 15) is 13.2 Å². The van der Waals surface area contributed by atoms with Crippen LogP contribution in [0.1, 0.15) is 48.7 Å². The Morgan fingerprint density at radius 1 is 0.923 bits per heavy atom. The zero-order valence-corrected chi connectivity index (χ0v) is 24.6. The lowest BCUT2D eigenvalue weighted by Gasteiger charge is -2.14. The first-order valence-corrected chi connectivity index (χ1v) is 14.6. The molecule has 0 bridgehead atoms. The Bertz CT molecular complexity index is 1420. The molecule has 208 valence electrons. The van der Waals surface area contributed by atoms with E-state index >= 15 is 0 Å². The minimum Gasteiger partial charge on any atom is -0.490 e. The molecule has 1 N–H and O–H groups in total. The summed E-state index contributed by atoms with van der Waals surface area (Å²) < 4.78 is 48.4. The second-order valence-electron chi connectivity index (χ2n) is 8.26. The summed E-state index contributed by atoms with van der Waals surface area (Å²) in [7, 11) is -4.10. The predicted octanol–water partition coefficient (Wildman–Crippen LogP) is 5.88. The van der Waals surface area contributed by atoms with E-state index in [0.717, 1.165) is 12.0 Å². The molecule has 3 aromatic rings. The van der Waals surface area contributed by atoms with Crippen LogP contribution in [0, 0.1) is 6.92 Å². The number of amides is 1. The van der Waals surface area contributed by atoms with E-state index in [0.29, 0.717) is 40.3 Å². The van der Waals surface area contributed by atoms with Gasteiger partial charge >= 0.3 is 10.1 Å². The number of ether oxygens (including phenoxy) is 3. The number of hydrazone groups is 1. The van der Waals surface area contributed by atoms with Gasteiger partial charge in [-0.2, -0.15) is 13.5 Å². The van der Waals surface area contributed by atoms with Gasteiger partial charge < -0.3 is 18.4 Å². The number of hydrogen-bond donors (Lipinski definition) is 1. The maximum atomic E-state index is 12.8. The number of rotatable bonds is 13. The highest BCUT2D eigenvalue weighted by molar-refractivity contribution is 9.10. The Morgan fingerprint density at radius 3 is 2.28 bits per heavy atom. The van der Waals surface area contributed by atoms with Crippen LogP contribution in [0.5, 0.6) is 23.0 Å². The number of benzene rings is 3. The first-order chi connectivity index (χ1) is 18.7. The monoisotopic (exact) mass is 618 g/mol. The van der Waals surface area contributed by atoms with Crippen molar-refractivity contribution in [3.63, 3.8) is 0 Å². The Morgan fingerprint density at radius 2 is 1.62 bits per heavy atom. The first-order valence-electron chi connectivity index (χ1n) is 12.4. The molecule has 11 heteroatoms. The summed E-state index contributed by atoms with van der Waals surface area (Å²) in [6, 6.07) is 14.4. The molecule has 0 radical (unpaired) electrons. The molecule has 0 aliphatic carbocycles. The molecule has 0 fully saturated rings. The van der Waals surface area contributed by atoms with Crippen molar-refractivity contribution in [1.82, 2.24) is 5.43 Å². The standard InChI is InChI=1S/C28H31BrN2O7S/c1-5-14-37-24-13-10-21(17-25(24)35-6-2)28(32)31-30-18-20-15-23(29)27(26(16-20)36-7-3)38-39(33,34)22-11-8-19(4)9-12-22/h8-13,15-18H,5-7,14H2,1-4H3,(H,31,32)/b30-18+. The molecule has 0 saturated heterocycles. The van der Waals surface area contributed by atoms with E-state index in [-0.39, 0.29) is 23.0 Å². The number of carbonyl (C=O) groups is 1. The lowest BCUT2D eigenvalue weighted by Crippen LogP contribution is -2.18. The molecule has 0 heterocycles. The molecule has 0 unspecified atom stereocenters. The zero-order valence-electron chi connectivity index (χ0n) is 22.2. The molecular formula is C28H31BrN2O7S. The van der Waals surface area contributed by atoms with E-state index in [2.05, 4.69) is 26.5 Å². The van der Waals surface area contributed by atoms with Gasteiger partial charge in [0.2, 0.25) is 0 Å². The van der Waals surface area contributed by atoms with Crippen LogP contribution in [-0.2, 0) is 10.1 Å². The summed E-state index contributed by atoms with van der Waals surface area (Å²) in [6.07, 6.45) is 2.25. The number of nitrogens with zero attached hydrogens (tertiary/aromatic N) is 1. The van der Waals surface area contributed by atoms with Gasteiger partial charge in [0.15, 0.2) is 23.0 Å². The predicted molar refractivity (Wildman–Crippen MR) is 153 cm³/mol. The Labute approximate surface area is 237 Å². The molecule has 3 rings (SSSR count). The topological polar surface area (TPSA) is 113 Å². The Kier molecular flexibility index (Phi) is 10.8. The van der Waals surface area contributed by atoms with Gasteiger partial charge in [-0.1, -0.05) is 24.6 Å². The molecule has 3 aromatic carbocycles. The van der Waals surface area contributed by atoms with Crippen molar-refractivity contribution >= 4 is 38.2 Å². The van der Waals surface area contributed by atoms with Crippen molar-refractivity contribution in [2.75, 3.05) is 19.8 Å². The van der Waals surface area contributed by atoms with E-state index < -0.39 is 16.0 Å². The highest BCUT2D eigenvalue weighted by Gasteiger charge is 2.22. The van der Waals surface area contributed by atoms with Crippen LogP contribution < -0.4 is 23.8 Å². The van der Waals surface area contributed by atoms with Gasteiger partial charge in [0.05, 0.1) is 30.5 Å². The van der Waals surface area contributed by atoms with Crippen molar-refractivity contribution < 1.29 is 31.6 Å². The molecule has 0 saturated carbocycles.